The van der Waals surface area contributed by atoms with E-state index in [9.17, 15) is 19.2 Å². The molecule has 1 aromatic heterocycles. The number of imide groups is 1. The predicted octanol–water partition coefficient (Wildman–Crippen LogP) is 3.69. The number of hydrogen-bond donors (Lipinski definition) is 0. The highest BCUT2D eigenvalue weighted by Crippen LogP contribution is 2.65. The van der Waals surface area contributed by atoms with Gasteiger partial charge in [0.2, 0.25) is 0 Å². The number of Topliss-reactive ketones (excluding diaryl/α,β-unsaturated/α-hetero) is 1. The van der Waals surface area contributed by atoms with Crippen molar-refractivity contribution in [2.45, 2.75) is 6.42 Å². The molecule has 162 valence electrons. The van der Waals surface area contributed by atoms with Crippen LogP contribution in [-0.2, 0) is 9.59 Å². The minimum Gasteiger partial charge on any atom is -0.291 e. The van der Waals surface area contributed by atoms with Crippen molar-refractivity contribution in [1.29, 1.82) is 0 Å². The van der Waals surface area contributed by atoms with Crippen LogP contribution in [-0.4, -0.2) is 40.1 Å². The summed E-state index contributed by atoms with van der Waals surface area (Å²) in [6.07, 6.45) is 5.22. The van der Waals surface area contributed by atoms with Gasteiger partial charge in [0, 0.05) is 10.6 Å². The van der Waals surface area contributed by atoms with E-state index in [1.165, 1.54) is 23.5 Å². The smallest absolute Gasteiger partial charge is 0.273 e. The summed E-state index contributed by atoms with van der Waals surface area (Å²) in [5.74, 6) is -1.53. The number of amides is 3. The number of hydrogen-bond acceptors (Lipinski definition) is 5. The molecule has 7 rings (SSSR count). The highest BCUT2D eigenvalue weighted by atomic mass is 35.5. The standard InChI is InChI=1S/C24H19ClN2O4S/c25-13-5-3-12(4-6-13)22(29)26(11-18(28)19-2-1-9-32-19)27-23(30)20-14-7-8-15(17-10-16(14)17)21(20)24(27)31/h1-9,14-17,20-21H,10-11H2. The summed E-state index contributed by atoms with van der Waals surface area (Å²) in [5.41, 5.74) is 0.257. The van der Waals surface area contributed by atoms with Crippen molar-refractivity contribution < 1.29 is 19.2 Å². The van der Waals surface area contributed by atoms with Crippen molar-refractivity contribution in [2.75, 3.05) is 6.54 Å². The van der Waals surface area contributed by atoms with Gasteiger partial charge in [-0.05, 0) is 65.8 Å². The second-order valence-corrected chi connectivity index (χ2v) is 10.3. The fourth-order valence-corrected chi connectivity index (χ4v) is 6.59. The Balaban J connectivity index is 1.37. The van der Waals surface area contributed by atoms with E-state index in [0.29, 0.717) is 21.7 Å². The molecule has 2 heterocycles. The second kappa shape index (κ2) is 7.12. The first-order valence-corrected chi connectivity index (χ1v) is 11.9. The summed E-state index contributed by atoms with van der Waals surface area (Å²) in [7, 11) is 0. The summed E-state index contributed by atoms with van der Waals surface area (Å²) in [4.78, 5) is 54.0. The molecule has 6 nitrogen and oxygen atoms in total. The highest BCUT2D eigenvalue weighted by Gasteiger charge is 2.68. The van der Waals surface area contributed by atoms with Crippen LogP contribution in [0.1, 0.15) is 26.5 Å². The molecule has 2 aromatic rings. The zero-order valence-electron chi connectivity index (χ0n) is 16.9. The average molecular weight is 467 g/mol. The first-order chi connectivity index (χ1) is 15.5. The Bertz CT molecular complexity index is 1140. The first kappa shape index (κ1) is 19.9. The number of thiophene rings is 1. The fourth-order valence-electron chi connectivity index (χ4n) is 5.81. The molecule has 1 aromatic carbocycles. The molecule has 1 saturated heterocycles. The molecule has 2 saturated carbocycles. The maximum absolute atomic E-state index is 13.6. The normalized spacial score (nSPS) is 31.5. The Morgan fingerprint density at radius 1 is 1.00 bits per heavy atom. The van der Waals surface area contributed by atoms with Crippen molar-refractivity contribution >= 4 is 46.4 Å². The minimum atomic E-state index is -0.572. The Hall–Kier alpha value is -2.77. The summed E-state index contributed by atoms with van der Waals surface area (Å²) in [6, 6.07) is 9.62. The van der Waals surface area contributed by atoms with Gasteiger partial charge < -0.3 is 0 Å². The van der Waals surface area contributed by atoms with Crippen molar-refractivity contribution in [3.8, 4) is 0 Å². The van der Waals surface area contributed by atoms with Gasteiger partial charge in [0.05, 0.1) is 16.7 Å². The van der Waals surface area contributed by atoms with Crippen molar-refractivity contribution in [3.05, 3.63) is 69.4 Å². The zero-order valence-corrected chi connectivity index (χ0v) is 18.5. The molecule has 0 N–H and O–H groups in total. The lowest BCUT2D eigenvalue weighted by Gasteiger charge is -2.37. The molecular formula is C24H19ClN2O4S. The predicted molar refractivity (Wildman–Crippen MR) is 118 cm³/mol. The lowest BCUT2D eigenvalue weighted by molar-refractivity contribution is -0.154. The topological polar surface area (TPSA) is 74.8 Å². The van der Waals surface area contributed by atoms with Gasteiger partial charge >= 0.3 is 0 Å². The Labute approximate surface area is 193 Å². The molecule has 5 aliphatic rings. The number of carbonyl (C=O) groups is 4. The fraction of sp³-hybridized carbons (Fsp3) is 0.333. The Morgan fingerprint density at radius 3 is 2.19 bits per heavy atom. The van der Waals surface area contributed by atoms with E-state index < -0.39 is 17.7 Å². The van der Waals surface area contributed by atoms with E-state index in [0.717, 1.165) is 16.4 Å². The summed E-state index contributed by atoms with van der Waals surface area (Å²) in [5, 5.41) is 4.24. The molecule has 0 radical (unpaired) electrons. The number of hydrazine groups is 1. The second-order valence-electron chi connectivity index (χ2n) is 8.91. The maximum Gasteiger partial charge on any atom is 0.273 e. The minimum absolute atomic E-state index is 0.0388. The molecule has 3 amide bonds. The highest BCUT2D eigenvalue weighted by molar-refractivity contribution is 7.12. The largest absolute Gasteiger partial charge is 0.291 e. The number of benzene rings is 1. The van der Waals surface area contributed by atoms with Gasteiger partial charge in [-0.25, -0.2) is 5.01 Å². The van der Waals surface area contributed by atoms with Crippen LogP contribution in [0.3, 0.4) is 0 Å². The van der Waals surface area contributed by atoms with E-state index >= 15 is 0 Å². The van der Waals surface area contributed by atoms with Crippen LogP contribution >= 0.6 is 22.9 Å². The molecule has 0 spiro atoms. The third-order valence-corrected chi connectivity index (χ3v) is 8.46. The van der Waals surface area contributed by atoms with Crippen molar-refractivity contribution in [2.24, 2.45) is 35.5 Å². The van der Waals surface area contributed by atoms with Gasteiger partial charge in [0.15, 0.2) is 5.78 Å². The van der Waals surface area contributed by atoms with Crippen LogP contribution in [0.15, 0.2) is 53.9 Å². The average Bonchev–Trinajstić information content (AvgIpc) is 3.36. The van der Waals surface area contributed by atoms with Gasteiger partial charge in [-0.15, -0.1) is 11.3 Å². The molecule has 32 heavy (non-hydrogen) atoms. The van der Waals surface area contributed by atoms with Crippen LogP contribution in [0, 0.1) is 35.5 Å². The third-order valence-electron chi connectivity index (χ3n) is 7.30. The number of halogens is 1. The molecule has 2 bridgehead atoms. The van der Waals surface area contributed by atoms with Gasteiger partial charge in [-0.1, -0.05) is 29.8 Å². The number of carbonyl (C=O) groups excluding carboxylic acids is 4. The lowest BCUT2D eigenvalue weighted by atomic mass is 9.63. The Kier molecular flexibility index (Phi) is 4.42. The molecular weight excluding hydrogens is 448 g/mol. The van der Waals surface area contributed by atoms with Crippen LogP contribution in [0.4, 0.5) is 0 Å². The van der Waals surface area contributed by atoms with Crippen LogP contribution in [0.2, 0.25) is 5.02 Å². The summed E-state index contributed by atoms with van der Waals surface area (Å²) in [6.45, 7) is -0.380. The number of ketones is 1. The first-order valence-electron chi connectivity index (χ1n) is 10.7. The van der Waals surface area contributed by atoms with Gasteiger partial charge in [0.25, 0.3) is 17.7 Å². The quantitative estimate of drug-likeness (QED) is 0.382. The molecule has 1 aliphatic heterocycles. The molecule has 8 heteroatoms. The van der Waals surface area contributed by atoms with Crippen LogP contribution in [0.25, 0.3) is 0 Å². The maximum atomic E-state index is 13.6. The Morgan fingerprint density at radius 2 is 1.62 bits per heavy atom. The van der Waals surface area contributed by atoms with Crippen LogP contribution < -0.4 is 0 Å². The number of allylic oxidation sites excluding steroid dienone is 2. The van der Waals surface area contributed by atoms with Gasteiger partial charge in [-0.2, -0.15) is 5.01 Å². The lowest BCUT2D eigenvalue weighted by Crippen LogP contribution is -2.52. The van der Waals surface area contributed by atoms with Crippen LogP contribution in [0.5, 0.6) is 0 Å². The van der Waals surface area contributed by atoms with E-state index in [2.05, 4.69) is 12.2 Å². The summed E-state index contributed by atoms with van der Waals surface area (Å²) >= 11 is 7.22. The zero-order chi connectivity index (χ0) is 22.1. The van der Waals surface area contributed by atoms with E-state index in [4.69, 9.17) is 11.6 Å². The van der Waals surface area contributed by atoms with E-state index in [1.807, 2.05) is 0 Å². The van der Waals surface area contributed by atoms with Gasteiger partial charge in [-0.3, -0.25) is 19.2 Å². The summed E-state index contributed by atoms with van der Waals surface area (Å²) < 4.78 is 0. The molecule has 6 atom stereocenters. The molecule has 4 aliphatic carbocycles. The SMILES string of the molecule is O=C(CN(C(=O)c1ccc(Cl)cc1)N1C(=O)C2C3C=CC(C4CC34)C2C1=O)c1cccs1. The van der Waals surface area contributed by atoms with Gasteiger partial charge in [0.1, 0.15) is 6.54 Å². The van der Waals surface area contributed by atoms with E-state index in [1.54, 1.807) is 29.6 Å². The van der Waals surface area contributed by atoms with Crippen molar-refractivity contribution in [1.82, 2.24) is 10.0 Å². The molecule has 3 fully saturated rings. The molecule has 6 unspecified atom stereocenters. The third kappa shape index (κ3) is 2.84. The van der Waals surface area contributed by atoms with E-state index in [-0.39, 0.29) is 41.5 Å². The monoisotopic (exact) mass is 466 g/mol. The number of nitrogens with zero attached hydrogens (tertiary/aromatic N) is 2. The number of rotatable bonds is 5. The van der Waals surface area contributed by atoms with Crippen molar-refractivity contribution in [3.63, 3.8) is 0 Å².